The predicted octanol–water partition coefficient (Wildman–Crippen LogP) is 4.49. The van der Waals surface area contributed by atoms with E-state index in [0.717, 1.165) is 29.9 Å². The molecule has 1 aromatic carbocycles. The van der Waals surface area contributed by atoms with Gasteiger partial charge in [-0.1, -0.05) is 12.1 Å². The van der Waals surface area contributed by atoms with Gasteiger partial charge in [-0.25, -0.2) is 14.6 Å². The first-order chi connectivity index (χ1) is 17.5. The van der Waals surface area contributed by atoms with Gasteiger partial charge < -0.3 is 14.4 Å². The van der Waals surface area contributed by atoms with Crippen molar-refractivity contribution in [1.82, 2.24) is 29.6 Å². The van der Waals surface area contributed by atoms with Crippen molar-refractivity contribution in [3.05, 3.63) is 83.7 Å². The number of piperidine rings is 1. The van der Waals surface area contributed by atoms with Crippen molar-refractivity contribution in [3.8, 4) is 23.2 Å². The van der Waals surface area contributed by atoms with Crippen molar-refractivity contribution >= 4 is 5.91 Å². The monoisotopic (exact) mass is 484 g/mol. The summed E-state index contributed by atoms with van der Waals surface area (Å²) >= 11 is 0. The van der Waals surface area contributed by atoms with Gasteiger partial charge in [-0.2, -0.15) is 5.10 Å². The van der Waals surface area contributed by atoms with Crippen LogP contribution in [0.25, 0.3) is 5.82 Å². The molecule has 0 aliphatic carbocycles. The molecule has 0 bridgehead atoms. The number of rotatable bonds is 6. The van der Waals surface area contributed by atoms with Crippen LogP contribution in [0.4, 0.5) is 0 Å². The number of nitrogens with zero attached hydrogens (tertiary/aromatic N) is 6. The van der Waals surface area contributed by atoms with E-state index in [9.17, 15) is 4.79 Å². The SMILES string of the molecule is COc1ccccc1Oc1cncc(C2CCCN(C(=O)c3ccc(-n4nc(C)cc4C)nc3)C2)n1. The molecule has 0 radical (unpaired) electrons. The molecule has 0 saturated carbocycles. The lowest BCUT2D eigenvalue weighted by Gasteiger charge is -2.32. The average molecular weight is 485 g/mol. The highest BCUT2D eigenvalue weighted by molar-refractivity contribution is 5.94. The van der Waals surface area contributed by atoms with E-state index in [1.165, 1.54) is 0 Å². The van der Waals surface area contributed by atoms with Gasteiger partial charge in [-0.05, 0) is 57.0 Å². The Bertz CT molecular complexity index is 1370. The number of aromatic nitrogens is 5. The topological polar surface area (TPSA) is 95.3 Å². The fourth-order valence-electron chi connectivity index (χ4n) is 4.51. The minimum atomic E-state index is -0.0403. The van der Waals surface area contributed by atoms with Gasteiger partial charge in [0, 0.05) is 37.1 Å². The number of ether oxygens (including phenoxy) is 2. The molecule has 1 aliphatic heterocycles. The number of carbonyl (C=O) groups is 1. The van der Waals surface area contributed by atoms with Crippen molar-refractivity contribution < 1.29 is 14.3 Å². The average Bonchev–Trinajstić information content (AvgIpc) is 3.26. The molecule has 9 heteroatoms. The van der Waals surface area contributed by atoms with Gasteiger partial charge in [-0.3, -0.25) is 9.78 Å². The zero-order valence-electron chi connectivity index (χ0n) is 20.6. The van der Waals surface area contributed by atoms with Gasteiger partial charge in [0.1, 0.15) is 0 Å². The van der Waals surface area contributed by atoms with Crippen LogP contribution in [-0.2, 0) is 0 Å². The Kier molecular flexibility index (Phi) is 6.62. The number of benzene rings is 1. The zero-order chi connectivity index (χ0) is 25.1. The standard InChI is InChI=1S/C27H28N6O3/c1-18-13-19(2)33(31-18)25-11-10-20(14-29-25)27(34)32-12-6-7-21(17-32)22-15-28-16-26(30-22)36-24-9-5-4-8-23(24)35-3/h4-5,8-11,13-16,21H,6-7,12,17H2,1-3H3. The van der Waals surface area contributed by atoms with Crippen LogP contribution >= 0.6 is 0 Å². The lowest BCUT2D eigenvalue weighted by molar-refractivity contribution is 0.0705. The summed E-state index contributed by atoms with van der Waals surface area (Å²) in [6.07, 6.45) is 6.76. The third-order valence-corrected chi connectivity index (χ3v) is 6.26. The second kappa shape index (κ2) is 10.2. The van der Waals surface area contributed by atoms with Gasteiger partial charge in [0.2, 0.25) is 5.88 Å². The molecular formula is C27H28N6O3. The maximum absolute atomic E-state index is 13.3. The quantitative estimate of drug-likeness (QED) is 0.398. The Hall–Kier alpha value is -4.27. The van der Waals surface area contributed by atoms with E-state index < -0.39 is 0 Å². The fourth-order valence-corrected chi connectivity index (χ4v) is 4.51. The van der Waals surface area contributed by atoms with Crippen LogP contribution in [0, 0.1) is 13.8 Å². The minimum absolute atomic E-state index is 0.0403. The van der Waals surface area contributed by atoms with E-state index in [-0.39, 0.29) is 11.8 Å². The largest absolute Gasteiger partial charge is 0.493 e. The maximum Gasteiger partial charge on any atom is 0.255 e. The molecule has 1 fully saturated rings. The van der Waals surface area contributed by atoms with E-state index in [4.69, 9.17) is 9.47 Å². The number of aryl methyl sites for hydroxylation is 2. The van der Waals surface area contributed by atoms with Gasteiger partial charge in [0.15, 0.2) is 17.3 Å². The molecule has 9 nitrogen and oxygen atoms in total. The molecule has 184 valence electrons. The molecule has 3 aromatic heterocycles. The molecule has 36 heavy (non-hydrogen) atoms. The van der Waals surface area contributed by atoms with Crippen molar-refractivity contribution in [2.24, 2.45) is 0 Å². The zero-order valence-corrected chi connectivity index (χ0v) is 20.6. The Morgan fingerprint density at radius 1 is 1.06 bits per heavy atom. The molecule has 4 aromatic rings. The highest BCUT2D eigenvalue weighted by Gasteiger charge is 2.27. The number of hydrogen-bond donors (Lipinski definition) is 0. The second-order valence-corrected chi connectivity index (χ2v) is 8.87. The van der Waals surface area contributed by atoms with E-state index in [1.807, 2.05) is 61.2 Å². The summed E-state index contributed by atoms with van der Waals surface area (Å²) in [4.78, 5) is 28.6. The van der Waals surface area contributed by atoms with Crippen LogP contribution < -0.4 is 9.47 Å². The van der Waals surface area contributed by atoms with Gasteiger partial charge in [0.05, 0.1) is 30.3 Å². The molecule has 1 amide bonds. The van der Waals surface area contributed by atoms with Crippen LogP contribution in [0.1, 0.15) is 46.2 Å². The summed E-state index contributed by atoms with van der Waals surface area (Å²) in [5, 5.41) is 4.46. The molecular weight excluding hydrogens is 456 g/mol. The van der Waals surface area contributed by atoms with E-state index in [0.29, 0.717) is 41.8 Å². The van der Waals surface area contributed by atoms with Crippen molar-refractivity contribution in [3.63, 3.8) is 0 Å². The summed E-state index contributed by atoms with van der Waals surface area (Å²) in [6, 6.07) is 13.0. The molecule has 5 rings (SSSR count). The summed E-state index contributed by atoms with van der Waals surface area (Å²) in [7, 11) is 1.60. The molecule has 1 unspecified atom stereocenters. The van der Waals surface area contributed by atoms with Gasteiger partial charge in [-0.15, -0.1) is 0 Å². The number of methoxy groups -OCH3 is 1. The lowest BCUT2D eigenvalue weighted by Crippen LogP contribution is -2.39. The van der Waals surface area contributed by atoms with Crippen molar-refractivity contribution in [2.75, 3.05) is 20.2 Å². The number of likely N-dealkylation sites (tertiary alicyclic amines) is 1. The normalized spacial score (nSPS) is 15.5. The number of hydrogen-bond acceptors (Lipinski definition) is 7. The third-order valence-electron chi connectivity index (χ3n) is 6.26. The number of carbonyl (C=O) groups excluding carboxylic acids is 1. The Morgan fingerprint density at radius 2 is 1.89 bits per heavy atom. The molecule has 1 saturated heterocycles. The fraction of sp³-hybridized carbons (Fsp3) is 0.296. The minimum Gasteiger partial charge on any atom is -0.493 e. The molecule has 1 atom stereocenters. The molecule has 0 spiro atoms. The Balaban J connectivity index is 1.29. The first kappa shape index (κ1) is 23.5. The summed E-state index contributed by atoms with van der Waals surface area (Å²) in [6.45, 7) is 5.18. The Morgan fingerprint density at radius 3 is 2.61 bits per heavy atom. The second-order valence-electron chi connectivity index (χ2n) is 8.87. The summed E-state index contributed by atoms with van der Waals surface area (Å²) < 4.78 is 13.1. The van der Waals surface area contributed by atoms with Crippen molar-refractivity contribution in [1.29, 1.82) is 0 Å². The molecule has 4 heterocycles. The smallest absolute Gasteiger partial charge is 0.255 e. The van der Waals surface area contributed by atoms with Crippen LogP contribution in [0.2, 0.25) is 0 Å². The highest BCUT2D eigenvalue weighted by Crippen LogP contribution is 2.32. The first-order valence-corrected chi connectivity index (χ1v) is 11.9. The van der Waals surface area contributed by atoms with Crippen molar-refractivity contribution in [2.45, 2.75) is 32.6 Å². The van der Waals surface area contributed by atoms with Gasteiger partial charge in [0.25, 0.3) is 5.91 Å². The Labute approximate surface area is 209 Å². The lowest BCUT2D eigenvalue weighted by atomic mass is 9.94. The molecule has 0 N–H and O–H groups in total. The van der Waals surface area contributed by atoms with E-state index in [2.05, 4.69) is 20.1 Å². The predicted molar refractivity (Wildman–Crippen MR) is 134 cm³/mol. The first-order valence-electron chi connectivity index (χ1n) is 11.9. The number of para-hydroxylation sites is 2. The van der Waals surface area contributed by atoms with Crippen LogP contribution in [0.5, 0.6) is 17.4 Å². The maximum atomic E-state index is 13.3. The number of amides is 1. The third kappa shape index (κ3) is 4.91. The number of pyridine rings is 1. The van der Waals surface area contributed by atoms with Crippen LogP contribution in [-0.4, -0.2) is 55.7 Å². The molecule has 1 aliphatic rings. The highest BCUT2D eigenvalue weighted by atomic mass is 16.5. The van der Waals surface area contributed by atoms with Gasteiger partial charge >= 0.3 is 0 Å². The van der Waals surface area contributed by atoms with Crippen LogP contribution in [0.15, 0.2) is 61.1 Å². The van der Waals surface area contributed by atoms with E-state index >= 15 is 0 Å². The van der Waals surface area contributed by atoms with E-state index in [1.54, 1.807) is 30.4 Å². The summed E-state index contributed by atoms with van der Waals surface area (Å²) in [5.41, 5.74) is 3.28. The van der Waals surface area contributed by atoms with Crippen LogP contribution in [0.3, 0.4) is 0 Å². The summed E-state index contributed by atoms with van der Waals surface area (Å²) in [5.74, 6) is 2.31.